The Labute approximate surface area is 119 Å². The van der Waals surface area contributed by atoms with E-state index in [9.17, 15) is 13.2 Å². The zero-order valence-corrected chi connectivity index (χ0v) is 12.8. The van der Waals surface area contributed by atoms with Gasteiger partial charge in [0, 0.05) is 4.47 Å². The molecule has 0 aliphatic carbocycles. The normalized spacial score (nSPS) is 10.2. The van der Waals surface area contributed by atoms with Crippen molar-refractivity contribution in [1.82, 2.24) is 0 Å². The molecule has 0 aromatic heterocycles. The third-order valence-corrected chi connectivity index (χ3v) is 4.96. The second-order valence-electron chi connectivity index (χ2n) is 3.54. The van der Waals surface area contributed by atoms with E-state index in [-0.39, 0.29) is 15.9 Å². The molecular formula is C10H17BrN2O5S. The monoisotopic (exact) mass is 356 g/mol. The van der Waals surface area contributed by atoms with Crippen molar-refractivity contribution >= 4 is 31.7 Å². The first-order valence-corrected chi connectivity index (χ1v) is 7.21. The second kappa shape index (κ2) is 8.23. The van der Waals surface area contributed by atoms with Crippen LogP contribution in [0.1, 0.15) is 24.2 Å². The summed E-state index contributed by atoms with van der Waals surface area (Å²) in [6.45, 7) is 3.11. The van der Waals surface area contributed by atoms with Gasteiger partial charge in [0.15, 0.2) is 9.84 Å². The highest BCUT2D eigenvalue weighted by molar-refractivity contribution is 9.10. The minimum absolute atomic E-state index is 0. The van der Waals surface area contributed by atoms with Crippen LogP contribution in [0.3, 0.4) is 0 Å². The molecule has 0 saturated heterocycles. The smallest absolute Gasteiger partial charge is 0.336 e. The van der Waals surface area contributed by atoms with Gasteiger partial charge in [-0.25, -0.2) is 13.2 Å². The Morgan fingerprint density at radius 3 is 2.16 bits per heavy atom. The number of benzene rings is 1. The number of sulfone groups is 1. The van der Waals surface area contributed by atoms with Gasteiger partial charge in [-0.05, 0) is 48.0 Å². The summed E-state index contributed by atoms with van der Waals surface area (Å²) >= 11 is 3.06. The van der Waals surface area contributed by atoms with Gasteiger partial charge in [0.1, 0.15) is 0 Å². The highest BCUT2D eigenvalue weighted by atomic mass is 79.9. The largest absolute Gasteiger partial charge is 0.478 e. The van der Waals surface area contributed by atoms with E-state index in [0.29, 0.717) is 4.47 Å². The van der Waals surface area contributed by atoms with E-state index in [2.05, 4.69) is 27.6 Å². The second-order valence-corrected chi connectivity index (χ2v) is 6.90. The van der Waals surface area contributed by atoms with E-state index in [1.165, 1.54) is 18.2 Å². The number of carbonyl (C=O) groups is 1. The highest BCUT2D eigenvalue weighted by Crippen LogP contribution is 2.23. The number of hydrogen-bond donors (Lipinski definition) is 3. The molecular weight excluding hydrogens is 340 g/mol. The van der Waals surface area contributed by atoms with Crippen molar-refractivity contribution in [2.75, 3.05) is 0 Å². The Hall–Kier alpha value is -1.00. The third-order valence-electron chi connectivity index (χ3n) is 2.12. The zero-order valence-electron chi connectivity index (χ0n) is 10.4. The van der Waals surface area contributed by atoms with Crippen LogP contribution >= 0.6 is 15.9 Å². The molecule has 7 N–H and O–H groups in total. The topological polar surface area (TPSA) is 155 Å². The number of halogens is 1. The molecule has 0 fully saturated rings. The number of nitrogens with two attached hydrogens (primary N) is 2. The number of carboxylic acid groups (broad SMARTS) is 1. The van der Waals surface area contributed by atoms with Crippen molar-refractivity contribution in [2.24, 2.45) is 11.7 Å². The molecule has 0 unspecified atom stereocenters. The maximum absolute atomic E-state index is 11.8. The van der Waals surface area contributed by atoms with Gasteiger partial charge in [-0.2, -0.15) is 0 Å². The number of hydrazine groups is 1. The van der Waals surface area contributed by atoms with Crippen LogP contribution in [0.15, 0.2) is 27.6 Å². The van der Waals surface area contributed by atoms with Gasteiger partial charge in [-0.15, -0.1) is 0 Å². The van der Waals surface area contributed by atoms with E-state index in [4.69, 9.17) is 5.11 Å². The average molecular weight is 357 g/mol. The van der Waals surface area contributed by atoms with Gasteiger partial charge in [0.25, 0.3) is 0 Å². The first-order valence-electron chi connectivity index (χ1n) is 4.87. The summed E-state index contributed by atoms with van der Waals surface area (Å²) in [5, 5.41) is 8.30. The first-order chi connectivity index (χ1) is 8.26. The van der Waals surface area contributed by atoms with E-state index in [0.717, 1.165) is 0 Å². The molecule has 0 radical (unpaired) electrons. The number of carboxylic acids is 1. The van der Waals surface area contributed by atoms with E-state index in [1.807, 2.05) is 0 Å². The Morgan fingerprint density at radius 1 is 1.32 bits per heavy atom. The molecule has 19 heavy (non-hydrogen) atoms. The molecule has 0 amide bonds. The van der Waals surface area contributed by atoms with Gasteiger partial charge in [0.05, 0.1) is 15.7 Å². The predicted octanol–water partition coefficient (Wildman–Crippen LogP) is 0.324. The maximum Gasteiger partial charge on any atom is 0.336 e. The standard InChI is InChI=1S/C10H11BrO4S.H4N2.H2O/c1-6(2)16(14,15)7-3-4-9(11)8(5-7)10(12)13;1-2;/h3-6H,1-2H3,(H,12,13);1-2H2;1H2. The van der Waals surface area contributed by atoms with Crippen LogP contribution in [-0.4, -0.2) is 30.2 Å². The molecule has 0 aliphatic heterocycles. The van der Waals surface area contributed by atoms with Crippen LogP contribution in [-0.2, 0) is 9.84 Å². The fourth-order valence-electron chi connectivity index (χ4n) is 1.12. The molecule has 0 heterocycles. The van der Waals surface area contributed by atoms with Crippen molar-refractivity contribution in [3.63, 3.8) is 0 Å². The lowest BCUT2D eigenvalue weighted by Crippen LogP contribution is -2.14. The Morgan fingerprint density at radius 2 is 1.79 bits per heavy atom. The fraction of sp³-hybridized carbons (Fsp3) is 0.300. The zero-order chi connectivity index (χ0) is 14.5. The molecule has 110 valence electrons. The lowest BCUT2D eigenvalue weighted by atomic mass is 10.2. The minimum atomic E-state index is -3.43. The van der Waals surface area contributed by atoms with E-state index in [1.54, 1.807) is 13.8 Å². The lowest BCUT2D eigenvalue weighted by Gasteiger charge is -2.09. The number of rotatable bonds is 3. The Balaban J connectivity index is 0. The first kappa shape index (κ1) is 20.3. The van der Waals surface area contributed by atoms with Gasteiger partial charge in [-0.3, -0.25) is 11.7 Å². The van der Waals surface area contributed by atoms with Crippen molar-refractivity contribution in [3.05, 3.63) is 28.2 Å². The van der Waals surface area contributed by atoms with Crippen molar-refractivity contribution < 1.29 is 23.8 Å². The third kappa shape index (κ3) is 4.88. The molecule has 0 aliphatic rings. The van der Waals surface area contributed by atoms with Crippen molar-refractivity contribution in [1.29, 1.82) is 0 Å². The van der Waals surface area contributed by atoms with E-state index < -0.39 is 21.1 Å². The molecule has 0 atom stereocenters. The van der Waals surface area contributed by atoms with Gasteiger partial charge in [0.2, 0.25) is 0 Å². The molecule has 9 heteroatoms. The summed E-state index contributed by atoms with van der Waals surface area (Å²) in [6.07, 6.45) is 0. The molecule has 0 spiro atoms. The summed E-state index contributed by atoms with van der Waals surface area (Å²) in [7, 11) is -3.43. The number of hydrogen-bond acceptors (Lipinski definition) is 5. The highest BCUT2D eigenvalue weighted by Gasteiger charge is 2.21. The van der Waals surface area contributed by atoms with Gasteiger partial charge < -0.3 is 10.6 Å². The van der Waals surface area contributed by atoms with E-state index >= 15 is 0 Å². The lowest BCUT2D eigenvalue weighted by molar-refractivity contribution is 0.0695. The average Bonchev–Trinajstić information content (AvgIpc) is 2.31. The SMILES string of the molecule is CC(C)S(=O)(=O)c1ccc(Br)c(C(=O)O)c1.NN.O. The predicted molar refractivity (Wildman–Crippen MR) is 75.4 cm³/mol. The quantitative estimate of drug-likeness (QED) is 0.523. The molecule has 0 saturated carbocycles. The van der Waals surface area contributed by atoms with Crippen LogP contribution in [0, 0.1) is 0 Å². The fourth-order valence-corrected chi connectivity index (χ4v) is 2.62. The van der Waals surface area contributed by atoms with Gasteiger partial charge >= 0.3 is 5.97 Å². The minimum Gasteiger partial charge on any atom is -0.478 e. The van der Waals surface area contributed by atoms with Crippen LogP contribution in [0.5, 0.6) is 0 Å². The van der Waals surface area contributed by atoms with Crippen LogP contribution < -0.4 is 11.7 Å². The summed E-state index contributed by atoms with van der Waals surface area (Å²) in [5.74, 6) is 6.84. The van der Waals surface area contributed by atoms with Gasteiger partial charge in [-0.1, -0.05) is 0 Å². The van der Waals surface area contributed by atoms with Crippen LogP contribution in [0.25, 0.3) is 0 Å². The summed E-state index contributed by atoms with van der Waals surface area (Å²) < 4.78 is 24.0. The van der Waals surface area contributed by atoms with Crippen LogP contribution in [0.2, 0.25) is 0 Å². The molecule has 1 aromatic rings. The summed E-state index contributed by atoms with van der Waals surface area (Å²) in [4.78, 5) is 10.9. The summed E-state index contributed by atoms with van der Waals surface area (Å²) in [5.41, 5.74) is -0.0540. The summed E-state index contributed by atoms with van der Waals surface area (Å²) in [6, 6.07) is 3.99. The molecule has 1 aromatic carbocycles. The van der Waals surface area contributed by atoms with Crippen molar-refractivity contribution in [3.8, 4) is 0 Å². The Kier molecular flexibility index (Phi) is 8.80. The molecule has 7 nitrogen and oxygen atoms in total. The van der Waals surface area contributed by atoms with Crippen molar-refractivity contribution in [2.45, 2.75) is 24.0 Å². The Bertz CT molecular complexity index is 531. The van der Waals surface area contributed by atoms with Crippen LogP contribution in [0.4, 0.5) is 0 Å². The molecule has 0 bridgehead atoms. The number of aromatic carboxylic acids is 1. The molecule has 1 rings (SSSR count). The maximum atomic E-state index is 11.8.